The smallest absolute Gasteiger partial charge is 0.311 e. The molecule has 2 heterocycles. The molecule has 1 aromatic carbocycles. The van der Waals surface area contributed by atoms with Gasteiger partial charge in [0, 0.05) is 24.4 Å². The van der Waals surface area contributed by atoms with Crippen LogP contribution in [0.25, 0.3) is 0 Å². The van der Waals surface area contributed by atoms with Crippen LogP contribution in [0.5, 0.6) is 5.75 Å². The Balaban J connectivity index is 1.98. The number of ether oxygens (including phenoxy) is 1. The molecule has 0 unspecified atom stereocenters. The molecular weight excluding hydrogens is 258 g/mol. The molecule has 20 heavy (non-hydrogen) atoms. The summed E-state index contributed by atoms with van der Waals surface area (Å²) in [6.45, 7) is 1.59. The molecule has 6 heteroatoms. The first kappa shape index (κ1) is 12.4. The van der Waals surface area contributed by atoms with Gasteiger partial charge in [-0.05, 0) is 12.1 Å². The average molecular weight is 271 g/mol. The van der Waals surface area contributed by atoms with E-state index in [1.807, 2.05) is 29.2 Å². The highest BCUT2D eigenvalue weighted by Crippen LogP contribution is 2.29. The fourth-order valence-electron chi connectivity index (χ4n) is 2.28. The lowest BCUT2D eigenvalue weighted by molar-refractivity contribution is -0.384. The second kappa shape index (κ2) is 5.16. The number of para-hydroxylation sites is 1. The number of aromatic nitrogens is 1. The van der Waals surface area contributed by atoms with Crippen molar-refractivity contribution in [3.8, 4) is 5.75 Å². The van der Waals surface area contributed by atoms with E-state index in [1.165, 1.54) is 6.07 Å². The molecule has 102 valence electrons. The largest absolute Gasteiger partial charge is 0.491 e. The molecule has 0 aliphatic carbocycles. The molecule has 1 aliphatic heterocycles. The molecule has 0 N–H and O–H groups in total. The number of rotatable bonds is 2. The number of anilines is 1. The topological polar surface area (TPSA) is 68.5 Å². The molecule has 6 nitrogen and oxygen atoms in total. The Hall–Kier alpha value is -2.63. The van der Waals surface area contributed by atoms with Crippen LogP contribution in [-0.4, -0.2) is 23.1 Å². The number of nitrogens with zero attached hydrogens (tertiary/aromatic N) is 3. The summed E-state index contributed by atoms with van der Waals surface area (Å²) in [6, 6.07) is 10.8. The minimum absolute atomic E-state index is 0.0203. The van der Waals surface area contributed by atoms with Crippen molar-refractivity contribution in [3.63, 3.8) is 0 Å². The van der Waals surface area contributed by atoms with Gasteiger partial charge < -0.3 is 9.64 Å². The van der Waals surface area contributed by atoms with Crippen LogP contribution in [0.15, 0.2) is 42.6 Å². The molecule has 3 rings (SSSR count). The van der Waals surface area contributed by atoms with Gasteiger partial charge in [0.1, 0.15) is 12.4 Å². The summed E-state index contributed by atoms with van der Waals surface area (Å²) in [5.41, 5.74) is 1.02. The van der Waals surface area contributed by atoms with E-state index in [-0.39, 0.29) is 5.69 Å². The monoisotopic (exact) mass is 271 g/mol. The number of fused-ring (bicyclic) bond motifs is 1. The predicted molar refractivity (Wildman–Crippen MR) is 73.9 cm³/mol. The van der Waals surface area contributed by atoms with E-state index in [4.69, 9.17) is 4.74 Å². The van der Waals surface area contributed by atoms with E-state index in [1.54, 1.807) is 12.3 Å². The Kier molecular flexibility index (Phi) is 3.20. The highest BCUT2D eigenvalue weighted by atomic mass is 16.6. The van der Waals surface area contributed by atoms with Gasteiger partial charge in [0.05, 0.1) is 11.5 Å². The van der Waals surface area contributed by atoms with Crippen molar-refractivity contribution >= 4 is 11.5 Å². The summed E-state index contributed by atoms with van der Waals surface area (Å²) < 4.78 is 5.66. The van der Waals surface area contributed by atoms with Gasteiger partial charge in [-0.25, -0.2) is 4.98 Å². The molecule has 1 aliphatic rings. The van der Waals surface area contributed by atoms with Crippen molar-refractivity contribution < 1.29 is 9.66 Å². The fraction of sp³-hybridized carbons (Fsp3) is 0.214. The summed E-state index contributed by atoms with van der Waals surface area (Å²) in [5.74, 6) is 1.21. The number of hydrogen-bond acceptors (Lipinski definition) is 5. The molecule has 0 saturated carbocycles. The predicted octanol–water partition coefficient (Wildman–Crippen LogP) is 2.39. The average Bonchev–Trinajstić information content (AvgIpc) is 2.69. The van der Waals surface area contributed by atoms with Gasteiger partial charge in [-0.15, -0.1) is 0 Å². The van der Waals surface area contributed by atoms with Gasteiger partial charge in [0.2, 0.25) is 5.82 Å². The summed E-state index contributed by atoms with van der Waals surface area (Å²) in [5, 5.41) is 11.1. The second-order valence-corrected chi connectivity index (χ2v) is 4.48. The van der Waals surface area contributed by atoms with Gasteiger partial charge in [-0.3, -0.25) is 10.1 Å². The SMILES string of the molecule is O=[N+]([O-])c1cccnc1N1CCOc2ccccc2C1. The first-order chi connectivity index (χ1) is 9.75. The van der Waals surface area contributed by atoms with E-state index < -0.39 is 4.92 Å². The third kappa shape index (κ3) is 2.27. The number of pyridine rings is 1. The third-order valence-corrected chi connectivity index (χ3v) is 3.21. The molecule has 2 aromatic rings. The van der Waals surface area contributed by atoms with E-state index in [0.29, 0.717) is 25.5 Å². The van der Waals surface area contributed by atoms with Crippen molar-refractivity contribution in [1.82, 2.24) is 4.98 Å². The van der Waals surface area contributed by atoms with Crippen LogP contribution >= 0.6 is 0 Å². The molecule has 0 fully saturated rings. The maximum Gasteiger partial charge on any atom is 0.311 e. The Morgan fingerprint density at radius 3 is 2.95 bits per heavy atom. The van der Waals surface area contributed by atoms with Crippen LogP contribution in [0.3, 0.4) is 0 Å². The lowest BCUT2D eigenvalue weighted by atomic mass is 10.2. The quantitative estimate of drug-likeness (QED) is 0.619. The first-order valence-electron chi connectivity index (χ1n) is 6.31. The highest BCUT2D eigenvalue weighted by Gasteiger charge is 2.23. The Bertz CT molecular complexity index is 645. The van der Waals surface area contributed by atoms with Crippen molar-refractivity contribution in [2.24, 2.45) is 0 Å². The van der Waals surface area contributed by atoms with E-state index in [2.05, 4.69) is 4.98 Å². The maximum atomic E-state index is 11.1. The zero-order valence-corrected chi connectivity index (χ0v) is 10.7. The van der Waals surface area contributed by atoms with Gasteiger partial charge in [-0.1, -0.05) is 18.2 Å². The number of nitro groups is 1. The van der Waals surface area contributed by atoms with E-state index in [0.717, 1.165) is 11.3 Å². The van der Waals surface area contributed by atoms with Crippen LogP contribution in [-0.2, 0) is 6.54 Å². The Morgan fingerprint density at radius 2 is 2.10 bits per heavy atom. The molecular formula is C14H13N3O3. The molecule has 0 radical (unpaired) electrons. The molecule has 1 aromatic heterocycles. The molecule has 0 bridgehead atoms. The van der Waals surface area contributed by atoms with Crippen molar-refractivity contribution in [2.75, 3.05) is 18.1 Å². The lowest BCUT2D eigenvalue weighted by Crippen LogP contribution is -2.26. The van der Waals surface area contributed by atoms with Gasteiger partial charge in [0.15, 0.2) is 0 Å². The lowest BCUT2D eigenvalue weighted by Gasteiger charge is -2.20. The summed E-state index contributed by atoms with van der Waals surface area (Å²) in [6.07, 6.45) is 1.57. The standard InChI is InChI=1S/C14H13N3O3/c18-17(19)12-5-3-7-15-14(12)16-8-9-20-13-6-2-1-4-11(13)10-16/h1-7H,8-10H2. The van der Waals surface area contributed by atoms with Gasteiger partial charge >= 0.3 is 5.69 Å². The summed E-state index contributed by atoms with van der Waals surface area (Å²) in [4.78, 5) is 16.7. The van der Waals surface area contributed by atoms with Gasteiger partial charge in [-0.2, -0.15) is 0 Å². The van der Waals surface area contributed by atoms with Crippen LogP contribution in [0, 0.1) is 10.1 Å². The Morgan fingerprint density at radius 1 is 1.25 bits per heavy atom. The van der Waals surface area contributed by atoms with Crippen molar-refractivity contribution in [1.29, 1.82) is 0 Å². The molecule has 0 atom stereocenters. The molecule has 0 amide bonds. The summed E-state index contributed by atoms with van der Waals surface area (Å²) in [7, 11) is 0. The zero-order valence-electron chi connectivity index (χ0n) is 10.7. The first-order valence-corrected chi connectivity index (χ1v) is 6.31. The second-order valence-electron chi connectivity index (χ2n) is 4.48. The Labute approximate surface area is 115 Å². The zero-order chi connectivity index (χ0) is 13.9. The number of benzene rings is 1. The number of hydrogen-bond donors (Lipinski definition) is 0. The van der Waals surface area contributed by atoms with E-state index in [9.17, 15) is 10.1 Å². The van der Waals surface area contributed by atoms with Crippen LogP contribution < -0.4 is 9.64 Å². The highest BCUT2D eigenvalue weighted by molar-refractivity contribution is 5.58. The van der Waals surface area contributed by atoms with E-state index >= 15 is 0 Å². The van der Waals surface area contributed by atoms with Crippen molar-refractivity contribution in [3.05, 3.63) is 58.3 Å². The third-order valence-electron chi connectivity index (χ3n) is 3.21. The van der Waals surface area contributed by atoms with Crippen molar-refractivity contribution in [2.45, 2.75) is 6.54 Å². The molecule has 0 saturated heterocycles. The maximum absolute atomic E-state index is 11.1. The molecule has 0 spiro atoms. The normalized spacial score (nSPS) is 14.1. The van der Waals surface area contributed by atoms with Crippen LogP contribution in [0.1, 0.15) is 5.56 Å². The minimum Gasteiger partial charge on any atom is -0.491 e. The van der Waals surface area contributed by atoms with Gasteiger partial charge in [0.25, 0.3) is 0 Å². The van der Waals surface area contributed by atoms with Crippen LogP contribution in [0.2, 0.25) is 0 Å². The fourth-order valence-corrected chi connectivity index (χ4v) is 2.28. The summed E-state index contributed by atoms with van der Waals surface area (Å²) >= 11 is 0. The minimum atomic E-state index is -0.403. The van der Waals surface area contributed by atoms with Crippen LogP contribution in [0.4, 0.5) is 11.5 Å².